The van der Waals surface area contributed by atoms with Crippen molar-refractivity contribution >= 4 is 35.1 Å². The molecule has 2 saturated heterocycles. The van der Waals surface area contributed by atoms with E-state index < -0.39 is 58.5 Å². The van der Waals surface area contributed by atoms with Crippen LogP contribution in [0.3, 0.4) is 0 Å². The van der Waals surface area contributed by atoms with Crippen LogP contribution in [0.15, 0.2) is 30.4 Å². The fourth-order valence-corrected chi connectivity index (χ4v) is 4.42. The first-order valence-electron chi connectivity index (χ1n) is 9.52. The van der Waals surface area contributed by atoms with Gasteiger partial charge in [0.05, 0.1) is 41.7 Å². The molecule has 0 N–H and O–H groups in total. The fourth-order valence-electron chi connectivity index (χ4n) is 4.42. The standard InChI is InChI=1S/C20H18N2O10/c1-9(23)30-19(31-10(2)24)20-7-6-13(32-20)15-16(20)18(26)21(17(15)25)12-5-4-11(22(27)28)8-14(12)29-3/h4-8,13,15-16,19H,1-3H3/t13-,15+,16+,20-/m1/s1. The van der Waals surface area contributed by atoms with Crippen molar-refractivity contribution in [1.82, 2.24) is 0 Å². The van der Waals surface area contributed by atoms with Crippen LogP contribution in [-0.4, -0.2) is 53.8 Å². The quantitative estimate of drug-likeness (QED) is 0.154. The molecule has 3 aliphatic rings. The van der Waals surface area contributed by atoms with Gasteiger partial charge in [0.1, 0.15) is 5.75 Å². The van der Waals surface area contributed by atoms with Crippen LogP contribution in [0, 0.1) is 22.0 Å². The number of amides is 2. The number of rotatable bonds is 6. The topological polar surface area (TPSA) is 152 Å². The third-order valence-corrected chi connectivity index (χ3v) is 5.61. The van der Waals surface area contributed by atoms with E-state index in [9.17, 15) is 29.3 Å². The van der Waals surface area contributed by atoms with Crippen LogP contribution in [0.4, 0.5) is 11.4 Å². The van der Waals surface area contributed by atoms with E-state index in [0.29, 0.717) is 0 Å². The zero-order valence-corrected chi connectivity index (χ0v) is 17.2. The monoisotopic (exact) mass is 446 g/mol. The third kappa shape index (κ3) is 3.02. The molecule has 1 aromatic carbocycles. The van der Waals surface area contributed by atoms with E-state index >= 15 is 0 Å². The van der Waals surface area contributed by atoms with Gasteiger partial charge >= 0.3 is 11.9 Å². The number of hydrogen-bond donors (Lipinski definition) is 0. The Morgan fingerprint density at radius 1 is 1.19 bits per heavy atom. The maximum atomic E-state index is 13.5. The Bertz CT molecular complexity index is 1070. The second-order valence-electron chi connectivity index (χ2n) is 7.47. The van der Waals surface area contributed by atoms with E-state index in [1.165, 1.54) is 19.3 Å². The lowest BCUT2D eigenvalue weighted by atomic mass is 9.76. The van der Waals surface area contributed by atoms with Crippen molar-refractivity contribution in [2.75, 3.05) is 12.0 Å². The molecular formula is C20H18N2O10. The van der Waals surface area contributed by atoms with Gasteiger partial charge in [0, 0.05) is 19.9 Å². The highest BCUT2D eigenvalue weighted by molar-refractivity contribution is 6.24. The number of methoxy groups -OCH3 is 1. The molecule has 32 heavy (non-hydrogen) atoms. The number of nitro benzene ring substituents is 1. The summed E-state index contributed by atoms with van der Waals surface area (Å²) in [6, 6.07) is 3.49. The van der Waals surface area contributed by atoms with E-state index in [1.807, 2.05) is 0 Å². The van der Waals surface area contributed by atoms with E-state index in [-0.39, 0.29) is 17.1 Å². The van der Waals surface area contributed by atoms with Gasteiger partial charge < -0.3 is 18.9 Å². The smallest absolute Gasteiger partial charge is 0.305 e. The molecule has 12 heteroatoms. The molecule has 3 heterocycles. The number of carbonyl (C=O) groups excluding carboxylic acids is 4. The lowest BCUT2D eigenvalue weighted by Crippen LogP contribution is -2.52. The maximum Gasteiger partial charge on any atom is 0.305 e. The van der Waals surface area contributed by atoms with Gasteiger partial charge in [-0.3, -0.25) is 29.3 Å². The summed E-state index contributed by atoms with van der Waals surface area (Å²) >= 11 is 0. The molecule has 4 atom stereocenters. The Labute approximate surface area is 180 Å². The zero-order chi connectivity index (χ0) is 23.4. The number of non-ortho nitro benzene ring substituents is 1. The second-order valence-corrected chi connectivity index (χ2v) is 7.47. The Morgan fingerprint density at radius 3 is 2.41 bits per heavy atom. The highest BCUT2D eigenvalue weighted by Crippen LogP contribution is 2.55. The summed E-state index contributed by atoms with van der Waals surface area (Å²) in [5.41, 5.74) is -1.95. The van der Waals surface area contributed by atoms with Crippen molar-refractivity contribution in [2.45, 2.75) is 31.8 Å². The van der Waals surface area contributed by atoms with Gasteiger partial charge in [-0.15, -0.1) is 0 Å². The number of anilines is 1. The predicted molar refractivity (Wildman–Crippen MR) is 103 cm³/mol. The summed E-state index contributed by atoms with van der Waals surface area (Å²) in [4.78, 5) is 61.3. The Morgan fingerprint density at radius 2 is 1.84 bits per heavy atom. The van der Waals surface area contributed by atoms with Crippen molar-refractivity contribution in [3.8, 4) is 5.75 Å². The number of nitro groups is 1. The number of imide groups is 1. The molecule has 1 aromatic rings. The summed E-state index contributed by atoms with van der Waals surface area (Å²) in [7, 11) is 1.25. The minimum atomic E-state index is -1.69. The van der Waals surface area contributed by atoms with Crippen LogP contribution in [0.5, 0.6) is 5.75 Å². The van der Waals surface area contributed by atoms with E-state index in [2.05, 4.69) is 0 Å². The first-order valence-corrected chi connectivity index (χ1v) is 9.52. The average Bonchev–Trinajstić information content (AvgIpc) is 3.37. The van der Waals surface area contributed by atoms with Gasteiger partial charge in [-0.1, -0.05) is 6.08 Å². The number of esters is 2. The molecule has 4 rings (SSSR count). The molecule has 168 valence electrons. The third-order valence-electron chi connectivity index (χ3n) is 5.61. The van der Waals surface area contributed by atoms with Crippen LogP contribution in [0.1, 0.15) is 13.8 Å². The van der Waals surface area contributed by atoms with Crippen molar-refractivity contribution < 1.29 is 43.0 Å². The highest BCUT2D eigenvalue weighted by Gasteiger charge is 2.72. The van der Waals surface area contributed by atoms with Crippen LogP contribution in [0.2, 0.25) is 0 Å². The first kappa shape index (κ1) is 21.4. The number of ether oxygens (including phenoxy) is 4. The lowest BCUT2D eigenvalue weighted by molar-refractivity contribution is -0.384. The molecule has 0 unspecified atom stereocenters. The zero-order valence-electron chi connectivity index (χ0n) is 17.2. The molecule has 0 spiro atoms. The minimum absolute atomic E-state index is 0.0218. The molecule has 0 aromatic heterocycles. The van der Waals surface area contributed by atoms with Crippen LogP contribution >= 0.6 is 0 Å². The summed E-state index contributed by atoms with van der Waals surface area (Å²) in [6.45, 7) is 2.21. The van der Waals surface area contributed by atoms with Crippen molar-refractivity contribution in [3.63, 3.8) is 0 Å². The normalized spacial score (nSPS) is 27.6. The maximum absolute atomic E-state index is 13.5. The molecule has 2 fully saturated rings. The average molecular weight is 446 g/mol. The number of hydrogen-bond acceptors (Lipinski definition) is 10. The molecule has 12 nitrogen and oxygen atoms in total. The SMILES string of the molecule is COc1cc([N+](=O)[O-])ccc1N1C(=O)[C@@H]2[C@@H](C1=O)[C@@]1(C(OC(C)=O)OC(C)=O)C=C[C@H]2O1. The number of carbonyl (C=O) groups is 4. The van der Waals surface area contributed by atoms with Crippen molar-refractivity contribution in [2.24, 2.45) is 11.8 Å². The predicted octanol–water partition coefficient (Wildman–Crippen LogP) is 0.869. The van der Waals surface area contributed by atoms with Gasteiger partial charge in [-0.05, 0) is 12.1 Å². The van der Waals surface area contributed by atoms with E-state index in [0.717, 1.165) is 30.9 Å². The van der Waals surface area contributed by atoms with Gasteiger partial charge in [0.15, 0.2) is 5.60 Å². The fraction of sp³-hybridized carbons (Fsp3) is 0.400. The van der Waals surface area contributed by atoms with Gasteiger partial charge in [-0.2, -0.15) is 0 Å². The van der Waals surface area contributed by atoms with E-state index in [1.54, 1.807) is 6.08 Å². The number of benzene rings is 1. The number of fused-ring (bicyclic) bond motifs is 5. The molecule has 0 aliphatic carbocycles. The molecule has 0 saturated carbocycles. The van der Waals surface area contributed by atoms with Crippen molar-refractivity contribution in [3.05, 3.63) is 40.5 Å². The second kappa shape index (κ2) is 7.41. The molecule has 3 aliphatic heterocycles. The van der Waals surface area contributed by atoms with Crippen LogP contribution in [-0.2, 0) is 33.4 Å². The summed E-state index contributed by atoms with van der Waals surface area (Å²) in [6.07, 6.45) is 0.586. The Balaban J connectivity index is 1.76. The first-order chi connectivity index (χ1) is 15.1. The van der Waals surface area contributed by atoms with Crippen molar-refractivity contribution in [1.29, 1.82) is 0 Å². The summed E-state index contributed by atoms with van der Waals surface area (Å²) in [5, 5.41) is 11.1. The van der Waals surface area contributed by atoms with Crippen LogP contribution < -0.4 is 9.64 Å². The highest BCUT2D eigenvalue weighted by atomic mass is 16.7. The molecular weight excluding hydrogens is 428 g/mol. The van der Waals surface area contributed by atoms with Crippen LogP contribution in [0.25, 0.3) is 0 Å². The lowest BCUT2D eigenvalue weighted by Gasteiger charge is -2.34. The summed E-state index contributed by atoms with van der Waals surface area (Å²) in [5.74, 6) is -5.06. The largest absolute Gasteiger partial charge is 0.494 e. The Hall–Kier alpha value is -3.80. The number of nitrogens with zero attached hydrogens (tertiary/aromatic N) is 2. The molecule has 2 bridgehead atoms. The van der Waals surface area contributed by atoms with Gasteiger partial charge in [0.25, 0.3) is 12.0 Å². The van der Waals surface area contributed by atoms with Gasteiger partial charge in [0.2, 0.25) is 11.8 Å². The minimum Gasteiger partial charge on any atom is -0.494 e. The van der Waals surface area contributed by atoms with E-state index in [4.69, 9.17) is 18.9 Å². The van der Waals surface area contributed by atoms with Gasteiger partial charge in [-0.25, -0.2) is 4.90 Å². The molecule has 2 amide bonds. The molecule has 0 radical (unpaired) electrons. The Kier molecular flexibility index (Phi) is 4.96. The summed E-state index contributed by atoms with van der Waals surface area (Å²) < 4.78 is 21.3.